The fourth-order valence-corrected chi connectivity index (χ4v) is 5.92. The Hall–Kier alpha value is -2.74. The molecule has 5 nitrogen and oxygen atoms in total. The number of fused-ring (bicyclic) bond motifs is 1. The molecule has 0 atom stereocenters. The van der Waals surface area contributed by atoms with Gasteiger partial charge in [0.15, 0.2) is 0 Å². The van der Waals surface area contributed by atoms with Crippen LogP contribution in [0.5, 0.6) is 0 Å². The summed E-state index contributed by atoms with van der Waals surface area (Å²) in [6.07, 6.45) is 3.66. The fourth-order valence-electron chi connectivity index (χ4n) is 4.25. The van der Waals surface area contributed by atoms with Gasteiger partial charge in [-0.2, -0.15) is 0 Å². The summed E-state index contributed by atoms with van der Waals surface area (Å²) < 4.78 is 27.3. The van der Waals surface area contributed by atoms with E-state index < -0.39 is 9.84 Å². The van der Waals surface area contributed by atoms with Gasteiger partial charge in [-0.3, -0.25) is 9.88 Å². The van der Waals surface area contributed by atoms with Crippen LogP contribution in [-0.4, -0.2) is 44.5 Å². The van der Waals surface area contributed by atoms with Crippen LogP contribution >= 0.6 is 15.9 Å². The van der Waals surface area contributed by atoms with Crippen LogP contribution in [0.2, 0.25) is 0 Å². The first-order valence-electron chi connectivity index (χ1n) is 10.9. The highest BCUT2D eigenvalue weighted by Crippen LogP contribution is 2.27. The van der Waals surface area contributed by atoms with Crippen molar-refractivity contribution in [2.24, 2.45) is 0 Å². The molecule has 0 aliphatic carbocycles. The standard InChI is InChI=1S/C26H24BrN3O2S/c27-23-5-3-22-18-26(8-4-21(22)17-23)33(31,32)25-6-1-20(2-7-25)19-29-13-15-30(16-14-29)24-9-11-28-12-10-24/h1-12,17-18H,13-16,19H2. The predicted octanol–water partition coefficient (Wildman–Crippen LogP) is 5.15. The van der Waals surface area contributed by atoms with Crippen LogP contribution in [0, 0.1) is 0 Å². The number of pyridine rings is 1. The Kier molecular flexibility index (Phi) is 6.19. The maximum absolute atomic E-state index is 13.2. The molecule has 0 radical (unpaired) electrons. The average Bonchev–Trinajstić information content (AvgIpc) is 2.85. The molecule has 1 aliphatic heterocycles. The number of hydrogen-bond acceptors (Lipinski definition) is 5. The Morgan fingerprint density at radius 2 is 1.39 bits per heavy atom. The van der Waals surface area contributed by atoms with E-state index in [9.17, 15) is 8.42 Å². The molecule has 0 spiro atoms. The smallest absolute Gasteiger partial charge is 0.206 e. The highest BCUT2D eigenvalue weighted by molar-refractivity contribution is 9.10. The number of piperazine rings is 1. The molecule has 0 unspecified atom stereocenters. The molecular formula is C26H24BrN3O2S. The highest BCUT2D eigenvalue weighted by Gasteiger charge is 2.20. The summed E-state index contributed by atoms with van der Waals surface area (Å²) in [5, 5.41) is 1.91. The first kappa shape index (κ1) is 22.1. The lowest BCUT2D eigenvalue weighted by Crippen LogP contribution is -2.45. The van der Waals surface area contributed by atoms with Gasteiger partial charge in [0.1, 0.15) is 0 Å². The number of rotatable bonds is 5. The Morgan fingerprint density at radius 1 is 0.758 bits per heavy atom. The van der Waals surface area contributed by atoms with Crippen LogP contribution in [0.15, 0.2) is 99.5 Å². The maximum Gasteiger partial charge on any atom is 0.206 e. The molecule has 1 aliphatic rings. The van der Waals surface area contributed by atoms with E-state index in [1.807, 2.05) is 60.9 Å². The number of aromatic nitrogens is 1. The lowest BCUT2D eigenvalue weighted by molar-refractivity contribution is 0.250. The van der Waals surface area contributed by atoms with Crippen molar-refractivity contribution in [3.05, 3.63) is 95.2 Å². The van der Waals surface area contributed by atoms with Crippen molar-refractivity contribution < 1.29 is 8.42 Å². The Balaban J connectivity index is 1.26. The zero-order valence-electron chi connectivity index (χ0n) is 18.1. The van der Waals surface area contributed by atoms with Gasteiger partial charge in [-0.1, -0.05) is 40.2 Å². The number of hydrogen-bond donors (Lipinski definition) is 0. The summed E-state index contributed by atoms with van der Waals surface area (Å²) >= 11 is 3.46. The SMILES string of the molecule is O=S(=O)(c1ccc(CN2CCN(c3ccncc3)CC2)cc1)c1ccc2cc(Br)ccc2c1. The first-order valence-corrected chi connectivity index (χ1v) is 13.2. The average molecular weight is 522 g/mol. The lowest BCUT2D eigenvalue weighted by Gasteiger charge is -2.36. The van der Waals surface area contributed by atoms with E-state index in [2.05, 4.69) is 30.7 Å². The number of sulfone groups is 1. The molecule has 1 saturated heterocycles. The second-order valence-corrected chi connectivity index (χ2v) is 11.1. The molecule has 3 aromatic carbocycles. The molecule has 5 rings (SSSR count). The van der Waals surface area contributed by atoms with Crippen molar-refractivity contribution >= 4 is 42.2 Å². The normalized spacial score (nSPS) is 15.1. The number of nitrogens with zero attached hydrogens (tertiary/aromatic N) is 3. The van der Waals surface area contributed by atoms with Crippen LogP contribution in [-0.2, 0) is 16.4 Å². The third-order valence-electron chi connectivity index (χ3n) is 6.12. The number of benzene rings is 3. The van der Waals surface area contributed by atoms with Crippen molar-refractivity contribution in [2.75, 3.05) is 31.1 Å². The molecule has 1 aromatic heterocycles. The van der Waals surface area contributed by atoms with Gasteiger partial charge in [-0.15, -0.1) is 0 Å². The largest absolute Gasteiger partial charge is 0.369 e. The minimum atomic E-state index is -3.57. The summed E-state index contributed by atoms with van der Waals surface area (Å²) in [4.78, 5) is 9.51. The van der Waals surface area contributed by atoms with Crippen LogP contribution in [0.4, 0.5) is 5.69 Å². The van der Waals surface area contributed by atoms with Gasteiger partial charge in [-0.05, 0) is 64.9 Å². The van der Waals surface area contributed by atoms with Crippen molar-refractivity contribution in [2.45, 2.75) is 16.3 Å². The van der Waals surface area contributed by atoms with E-state index >= 15 is 0 Å². The van der Waals surface area contributed by atoms with E-state index in [1.165, 1.54) is 5.69 Å². The Labute approximate surface area is 202 Å². The van der Waals surface area contributed by atoms with Gasteiger partial charge >= 0.3 is 0 Å². The molecule has 1 fully saturated rings. The van der Waals surface area contributed by atoms with Crippen LogP contribution in [0.25, 0.3) is 10.8 Å². The summed E-state index contributed by atoms with van der Waals surface area (Å²) in [6.45, 7) is 4.69. The summed E-state index contributed by atoms with van der Waals surface area (Å²) in [5.74, 6) is 0. The van der Waals surface area contributed by atoms with E-state index in [0.717, 1.165) is 53.5 Å². The lowest BCUT2D eigenvalue weighted by atomic mass is 10.1. The van der Waals surface area contributed by atoms with Crippen LogP contribution in [0.3, 0.4) is 0 Å². The molecule has 33 heavy (non-hydrogen) atoms. The van der Waals surface area contributed by atoms with Crippen molar-refractivity contribution in [3.8, 4) is 0 Å². The predicted molar refractivity (Wildman–Crippen MR) is 135 cm³/mol. The van der Waals surface area contributed by atoms with Gasteiger partial charge in [0.05, 0.1) is 9.79 Å². The van der Waals surface area contributed by atoms with Gasteiger partial charge in [0.2, 0.25) is 9.84 Å². The molecular weight excluding hydrogens is 498 g/mol. The highest BCUT2D eigenvalue weighted by atomic mass is 79.9. The third kappa shape index (κ3) is 4.81. The first-order chi connectivity index (χ1) is 16.0. The quantitative estimate of drug-likeness (QED) is 0.363. The van der Waals surface area contributed by atoms with Crippen molar-refractivity contribution in [1.82, 2.24) is 9.88 Å². The second kappa shape index (κ2) is 9.25. The number of anilines is 1. The molecule has 7 heteroatoms. The van der Waals surface area contributed by atoms with Gasteiger partial charge in [0.25, 0.3) is 0 Å². The van der Waals surface area contributed by atoms with E-state index in [-0.39, 0.29) is 0 Å². The molecule has 0 bridgehead atoms. The fraction of sp³-hybridized carbons (Fsp3) is 0.192. The Morgan fingerprint density at radius 3 is 2.12 bits per heavy atom. The monoisotopic (exact) mass is 521 g/mol. The van der Waals surface area contributed by atoms with Crippen molar-refractivity contribution in [1.29, 1.82) is 0 Å². The van der Waals surface area contributed by atoms with Gasteiger partial charge < -0.3 is 4.90 Å². The zero-order chi connectivity index (χ0) is 22.8. The molecule has 0 amide bonds. The number of halogens is 1. The summed E-state index contributed by atoms with van der Waals surface area (Å²) in [5.41, 5.74) is 2.33. The van der Waals surface area contributed by atoms with E-state index in [1.54, 1.807) is 24.3 Å². The molecule has 168 valence electrons. The van der Waals surface area contributed by atoms with E-state index in [4.69, 9.17) is 0 Å². The summed E-state index contributed by atoms with van der Waals surface area (Å²) in [6, 6.07) is 22.5. The zero-order valence-corrected chi connectivity index (χ0v) is 20.5. The maximum atomic E-state index is 13.2. The molecule has 0 N–H and O–H groups in total. The topological polar surface area (TPSA) is 53.5 Å². The van der Waals surface area contributed by atoms with Crippen LogP contribution < -0.4 is 4.90 Å². The third-order valence-corrected chi connectivity index (χ3v) is 8.38. The van der Waals surface area contributed by atoms with Crippen molar-refractivity contribution in [3.63, 3.8) is 0 Å². The Bertz CT molecular complexity index is 1370. The van der Waals surface area contributed by atoms with Gasteiger partial charge in [0, 0.05) is 55.3 Å². The van der Waals surface area contributed by atoms with E-state index in [0.29, 0.717) is 9.79 Å². The molecule has 0 saturated carbocycles. The minimum Gasteiger partial charge on any atom is -0.369 e. The van der Waals surface area contributed by atoms with Gasteiger partial charge in [-0.25, -0.2) is 8.42 Å². The molecule has 4 aromatic rings. The molecule has 2 heterocycles. The summed E-state index contributed by atoms with van der Waals surface area (Å²) in [7, 11) is -3.57. The second-order valence-electron chi connectivity index (χ2n) is 8.27. The minimum absolute atomic E-state index is 0.317. The van der Waals surface area contributed by atoms with Crippen LogP contribution in [0.1, 0.15) is 5.56 Å².